The highest BCUT2D eigenvalue weighted by atomic mass is 35.5. The summed E-state index contributed by atoms with van der Waals surface area (Å²) in [7, 11) is 0. The Morgan fingerprint density at radius 1 is 1.52 bits per heavy atom. The molecule has 6 heteroatoms. The number of thiazole rings is 1. The number of nitrogens with two attached hydrogens (primary N) is 1. The van der Waals surface area contributed by atoms with Crippen LogP contribution in [0.4, 0.5) is 0 Å². The number of piperidine rings is 1. The van der Waals surface area contributed by atoms with E-state index in [1.165, 1.54) is 6.42 Å². The molecule has 120 valence electrons. The van der Waals surface area contributed by atoms with Crippen LogP contribution < -0.4 is 5.73 Å². The molecule has 2 rings (SSSR count). The Balaban J connectivity index is 0.00000220. The lowest BCUT2D eigenvalue weighted by molar-refractivity contribution is 0.0579. The maximum Gasteiger partial charge on any atom is 0.273 e. The fraction of sp³-hybridized carbons (Fsp3) is 0.733. The van der Waals surface area contributed by atoms with Gasteiger partial charge in [0.2, 0.25) is 0 Å². The van der Waals surface area contributed by atoms with Gasteiger partial charge in [-0.15, -0.1) is 23.7 Å². The summed E-state index contributed by atoms with van der Waals surface area (Å²) in [4.78, 5) is 19.1. The van der Waals surface area contributed by atoms with Gasteiger partial charge < -0.3 is 10.6 Å². The van der Waals surface area contributed by atoms with E-state index in [1.54, 1.807) is 11.3 Å². The Kier molecular flexibility index (Phi) is 7.63. The van der Waals surface area contributed by atoms with Gasteiger partial charge >= 0.3 is 0 Å². The van der Waals surface area contributed by atoms with Crippen molar-refractivity contribution >= 4 is 29.7 Å². The van der Waals surface area contributed by atoms with Gasteiger partial charge in [-0.3, -0.25) is 4.79 Å². The first-order valence-electron chi connectivity index (χ1n) is 7.57. The van der Waals surface area contributed by atoms with E-state index in [9.17, 15) is 4.79 Å². The second kappa shape index (κ2) is 8.71. The maximum absolute atomic E-state index is 12.6. The van der Waals surface area contributed by atoms with Crippen LogP contribution in [0.3, 0.4) is 0 Å². The highest BCUT2D eigenvalue weighted by Crippen LogP contribution is 2.25. The summed E-state index contributed by atoms with van der Waals surface area (Å²) in [6.45, 7) is 5.90. The first kappa shape index (κ1) is 18.4. The van der Waals surface area contributed by atoms with Crippen LogP contribution in [0.15, 0.2) is 5.38 Å². The molecule has 0 spiro atoms. The smallest absolute Gasteiger partial charge is 0.273 e. The van der Waals surface area contributed by atoms with Crippen molar-refractivity contribution < 1.29 is 4.79 Å². The summed E-state index contributed by atoms with van der Waals surface area (Å²) in [6, 6.07) is 0.385. The van der Waals surface area contributed by atoms with Crippen molar-refractivity contribution in [2.45, 2.75) is 52.0 Å². The molecule has 1 aromatic heterocycles. The Labute approximate surface area is 137 Å². The van der Waals surface area contributed by atoms with Crippen LogP contribution in [0.2, 0.25) is 0 Å². The molecule has 0 aromatic carbocycles. The van der Waals surface area contributed by atoms with E-state index in [4.69, 9.17) is 5.73 Å². The molecule has 2 N–H and O–H groups in total. The molecule has 0 aliphatic carbocycles. The van der Waals surface area contributed by atoms with Gasteiger partial charge in [0.25, 0.3) is 5.91 Å². The molecule has 1 unspecified atom stereocenters. The number of hydrogen-bond acceptors (Lipinski definition) is 4. The van der Waals surface area contributed by atoms with Crippen molar-refractivity contribution in [2.75, 3.05) is 13.1 Å². The van der Waals surface area contributed by atoms with Gasteiger partial charge in [-0.05, 0) is 38.1 Å². The number of aromatic nitrogens is 1. The molecule has 1 saturated heterocycles. The van der Waals surface area contributed by atoms with Crippen LogP contribution in [0.1, 0.15) is 55.0 Å². The maximum atomic E-state index is 12.6. The van der Waals surface area contributed by atoms with Gasteiger partial charge in [-0.25, -0.2) is 4.98 Å². The third-order valence-electron chi connectivity index (χ3n) is 3.76. The van der Waals surface area contributed by atoms with Crippen LogP contribution >= 0.6 is 23.7 Å². The van der Waals surface area contributed by atoms with E-state index < -0.39 is 0 Å². The molecule has 21 heavy (non-hydrogen) atoms. The third kappa shape index (κ3) is 4.94. The molecule has 0 saturated carbocycles. The summed E-state index contributed by atoms with van der Waals surface area (Å²) >= 11 is 1.54. The zero-order valence-electron chi connectivity index (χ0n) is 12.9. The number of nitrogens with zero attached hydrogens (tertiary/aromatic N) is 2. The minimum Gasteiger partial charge on any atom is -0.334 e. The minimum atomic E-state index is 0. The van der Waals surface area contributed by atoms with E-state index >= 15 is 0 Å². The monoisotopic (exact) mass is 331 g/mol. The molecule has 1 fully saturated rings. The molecule has 0 bridgehead atoms. The minimum absolute atomic E-state index is 0. The zero-order chi connectivity index (χ0) is 14.5. The molecule has 4 nitrogen and oxygen atoms in total. The Hall–Kier alpha value is -0.650. The third-order valence-corrected chi connectivity index (χ3v) is 4.67. The molecule has 0 radical (unpaired) electrons. The molecule has 1 amide bonds. The van der Waals surface area contributed by atoms with Crippen LogP contribution in [-0.4, -0.2) is 34.9 Å². The van der Waals surface area contributed by atoms with Gasteiger partial charge in [0, 0.05) is 24.4 Å². The Morgan fingerprint density at radius 2 is 2.29 bits per heavy atom. The van der Waals surface area contributed by atoms with Gasteiger partial charge in [-0.1, -0.05) is 13.8 Å². The zero-order valence-corrected chi connectivity index (χ0v) is 14.5. The Morgan fingerprint density at radius 3 is 2.95 bits per heavy atom. The molecule has 1 atom stereocenters. The highest BCUT2D eigenvalue weighted by Gasteiger charge is 2.29. The second-order valence-corrected chi connectivity index (χ2v) is 6.89. The van der Waals surface area contributed by atoms with Gasteiger partial charge in [0.05, 0.1) is 5.01 Å². The second-order valence-electron chi connectivity index (χ2n) is 5.94. The van der Waals surface area contributed by atoms with Crippen molar-refractivity contribution in [2.24, 2.45) is 11.7 Å². The number of hydrogen-bond donors (Lipinski definition) is 1. The van der Waals surface area contributed by atoms with E-state index in [0.29, 0.717) is 24.2 Å². The number of amides is 1. The van der Waals surface area contributed by atoms with Gasteiger partial charge in [0.15, 0.2) is 0 Å². The lowest BCUT2D eigenvalue weighted by atomic mass is 9.94. The number of halogens is 1. The predicted octanol–water partition coefficient (Wildman–Crippen LogP) is 3.11. The average Bonchev–Trinajstić information content (AvgIpc) is 2.87. The summed E-state index contributed by atoms with van der Waals surface area (Å²) in [5.74, 6) is 0.728. The molecule has 1 aromatic rings. The fourth-order valence-electron chi connectivity index (χ4n) is 2.85. The van der Waals surface area contributed by atoms with Crippen LogP contribution in [0.25, 0.3) is 0 Å². The summed E-state index contributed by atoms with van der Waals surface area (Å²) in [5.41, 5.74) is 6.14. The first-order valence-corrected chi connectivity index (χ1v) is 8.45. The number of rotatable bonds is 5. The van der Waals surface area contributed by atoms with E-state index in [2.05, 4.69) is 18.8 Å². The number of carbonyl (C=O) groups is 1. The van der Waals surface area contributed by atoms with Crippen molar-refractivity contribution in [1.29, 1.82) is 0 Å². The summed E-state index contributed by atoms with van der Waals surface area (Å²) in [5, 5.41) is 2.85. The molecule has 1 aliphatic heterocycles. The molecule has 2 heterocycles. The molecule has 1 aliphatic rings. The SMILES string of the molecule is CC(C)CC1CCCCN1C(=O)c1csc(CCN)n1.Cl. The highest BCUT2D eigenvalue weighted by molar-refractivity contribution is 7.09. The van der Waals surface area contributed by atoms with Crippen molar-refractivity contribution in [3.8, 4) is 0 Å². The number of carbonyl (C=O) groups excluding carboxylic acids is 1. The fourth-order valence-corrected chi connectivity index (χ4v) is 3.64. The average molecular weight is 332 g/mol. The first-order chi connectivity index (χ1) is 9.61. The van der Waals surface area contributed by atoms with Crippen LogP contribution in [0.5, 0.6) is 0 Å². The van der Waals surface area contributed by atoms with Gasteiger partial charge in [-0.2, -0.15) is 0 Å². The Bertz CT molecular complexity index is 450. The van der Waals surface area contributed by atoms with Crippen molar-refractivity contribution in [3.63, 3.8) is 0 Å². The van der Waals surface area contributed by atoms with E-state index in [1.807, 2.05) is 10.3 Å². The van der Waals surface area contributed by atoms with E-state index in [-0.39, 0.29) is 18.3 Å². The standard InChI is InChI=1S/C15H25N3OS.ClH/c1-11(2)9-12-5-3-4-8-18(12)15(19)13-10-20-14(17-13)6-7-16;/h10-12H,3-9,16H2,1-2H3;1H. The van der Waals surface area contributed by atoms with Crippen LogP contribution in [0, 0.1) is 5.92 Å². The summed E-state index contributed by atoms with van der Waals surface area (Å²) in [6.07, 6.45) is 5.32. The van der Waals surface area contributed by atoms with Crippen molar-refractivity contribution in [3.05, 3.63) is 16.1 Å². The number of likely N-dealkylation sites (tertiary alicyclic amines) is 1. The normalized spacial score (nSPS) is 18.7. The largest absolute Gasteiger partial charge is 0.334 e. The summed E-state index contributed by atoms with van der Waals surface area (Å²) < 4.78 is 0. The lowest BCUT2D eigenvalue weighted by Crippen LogP contribution is -2.44. The lowest BCUT2D eigenvalue weighted by Gasteiger charge is -2.36. The van der Waals surface area contributed by atoms with Crippen molar-refractivity contribution in [1.82, 2.24) is 9.88 Å². The quantitative estimate of drug-likeness (QED) is 0.901. The van der Waals surface area contributed by atoms with E-state index in [0.717, 1.165) is 37.2 Å². The van der Waals surface area contributed by atoms with Gasteiger partial charge in [0.1, 0.15) is 5.69 Å². The van der Waals surface area contributed by atoms with Crippen LogP contribution in [-0.2, 0) is 6.42 Å². The molecular formula is C15H26ClN3OS. The molecular weight excluding hydrogens is 306 g/mol. The predicted molar refractivity (Wildman–Crippen MR) is 90.3 cm³/mol. The topological polar surface area (TPSA) is 59.2 Å².